The van der Waals surface area contributed by atoms with Gasteiger partial charge in [-0.2, -0.15) is 0 Å². The van der Waals surface area contributed by atoms with Crippen molar-refractivity contribution in [2.75, 3.05) is 50.8 Å². The van der Waals surface area contributed by atoms with Crippen molar-refractivity contribution >= 4 is 39.1 Å². The highest BCUT2D eigenvalue weighted by Crippen LogP contribution is 2.36. The summed E-state index contributed by atoms with van der Waals surface area (Å²) in [5.41, 5.74) is 1.80. The SMILES string of the molecule is O=C(C1CC(=O)N(c2ccc3c(c2)OCCO3)C1)N1CCN(Cc2nc3ccccc3s2)CC1. The number of ether oxygens (including phenoxy) is 2. The van der Waals surface area contributed by atoms with Crippen LogP contribution in [0, 0.1) is 5.92 Å². The van der Waals surface area contributed by atoms with E-state index in [1.54, 1.807) is 16.2 Å². The molecule has 3 aliphatic heterocycles. The van der Waals surface area contributed by atoms with Crippen molar-refractivity contribution in [2.45, 2.75) is 13.0 Å². The third-order valence-electron chi connectivity index (χ3n) is 6.69. The molecule has 3 aliphatic rings. The molecule has 9 heteroatoms. The first-order valence-corrected chi connectivity index (χ1v) is 12.5. The van der Waals surface area contributed by atoms with E-state index in [4.69, 9.17) is 14.5 Å². The van der Waals surface area contributed by atoms with Gasteiger partial charge >= 0.3 is 0 Å². The number of rotatable bonds is 4. The Morgan fingerprint density at radius 2 is 1.82 bits per heavy atom. The standard InChI is InChI=1S/C25H26N4O4S/c30-24-13-17(15-29(24)18-5-6-20-21(14-18)33-12-11-32-20)25(31)28-9-7-27(8-10-28)16-23-26-19-3-1-2-4-22(19)34-23/h1-6,14,17H,7-13,15-16H2. The number of amides is 2. The molecular weight excluding hydrogens is 452 g/mol. The van der Waals surface area contributed by atoms with E-state index in [1.165, 1.54) is 4.70 Å². The number of carbonyl (C=O) groups is 2. The van der Waals surface area contributed by atoms with Crippen LogP contribution in [0.2, 0.25) is 0 Å². The highest BCUT2D eigenvalue weighted by atomic mass is 32.1. The lowest BCUT2D eigenvalue weighted by molar-refractivity contribution is -0.137. The van der Waals surface area contributed by atoms with E-state index >= 15 is 0 Å². The highest BCUT2D eigenvalue weighted by molar-refractivity contribution is 7.18. The van der Waals surface area contributed by atoms with Crippen LogP contribution >= 0.6 is 11.3 Å². The molecule has 0 N–H and O–H groups in total. The molecule has 1 atom stereocenters. The number of hydrogen-bond donors (Lipinski definition) is 0. The number of anilines is 1. The zero-order chi connectivity index (χ0) is 23.1. The van der Waals surface area contributed by atoms with Gasteiger partial charge in [0.05, 0.1) is 22.7 Å². The minimum absolute atomic E-state index is 0.0236. The molecule has 2 aromatic carbocycles. The number of thiazole rings is 1. The molecule has 8 nitrogen and oxygen atoms in total. The molecule has 1 aromatic heterocycles. The van der Waals surface area contributed by atoms with Gasteiger partial charge in [0.25, 0.3) is 0 Å². The van der Waals surface area contributed by atoms with E-state index in [1.807, 2.05) is 41.3 Å². The molecule has 2 fully saturated rings. The molecule has 1 unspecified atom stereocenters. The molecule has 2 saturated heterocycles. The third kappa shape index (κ3) is 4.10. The Bertz CT molecular complexity index is 1200. The Labute approximate surface area is 201 Å². The Balaban J connectivity index is 1.05. The van der Waals surface area contributed by atoms with Gasteiger partial charge in [0.1, 0.15) is 18.2 Å². The number of nitrogens with zero attached hydrogens (tertiary/aromatic N) is 4. The van der Waals surface area contributed by atoms with Crippen LogP contribution in [0.15, 0.2) is 42.5 Å². The summed E-state index contributed by atoms with van der Waals surface area (Å²) in [5.74, 6) is 1.09. The van der Waals surface area contributed by atoms with Crippen molar-refractivity contribution in [1.29, 1.82) is 0 Å². The first-order chi connectivity index (χ1) is 16.6. The lowest BCUT2D eigenvalue weighted by atomic mass is 10.1. The third-order valence-corrected chi connectivity index (χ3v) is 7.71. The van der Waals surface area contributed by atoms with Crippen LogP contribution in [0.1, 0.15) is 11.4 Å². The summed E-state index contributed by atoms with van der Waals surface area (Å²) in [6.45, 7) is 5.22. The molecule has 0 spiro atoms. The van der Waals surface area contributed by atoms with E-state index in [9.17, 15) is 9.59 Å². The van der Waals surface area contributed by atoms with Gasteiger partial charge in [-0.1, -0.05) is 12.1 Å². The zero-order valence-electron chi connectivity index (χ0n) is 18.8. The summed E-state index contributed by atoms with van der Waals surface area (Å²) < 4.78 is 12.4. The molecule has 0 aliphatic carbocycles. The van der Waals surface area contributed by atoms with E-state index in [2.05, 4.69) is 11.0 Å². The minimum Gasteiger partial charge on any atom is -0.486 e. The lowest BCUT2D eigenvalue weighted by Gasteiger charge is -2.35. The van der Waals surface area contributed by atoms with E-state index in [0.717, 1.165) is 35.8 Å². The number of fused-ring (bicyclic) bond motifs is 2. The van der Waals surface area contributed by atoms with Crippen LogP contribution in [0.3, 0.4) is 0 Å². The fraction of sp³-hybridized carbons (Fsp3) is 0.400. The molecule has 0 saturated carbocycles. The Hall–Kier alpha value is -3.17. The van der Waals surface area contributed by atoms with Gasteiger partial charge < -0.3 is 19.3 Å². The average Bonchev–Trinajstić information content (AvgIpc) is 3.46. The molecule has 4 heterocycles. The van der Waals surface area contributed by atoms with E-state index in [-0.39, 0.29) is 24.2 Å². The van der Waals surface area contributed by atoms with Gasteiger partial charge in [-0.3, -0.25) is 14.5 Å². The second-order valence-electron chi connectivity index (χ2n) is 8.91. The van der Waals surface area contributed by atoms with Crippen LogP contribution in [-0.2, 0) is 16.1 Å². The predicted octanol–water partition coefficient (Wildman–Crippen LogP) is 2.76. The summed E-state index contributed by atoms with van der Waals surface area (Å²) in [7, 11) is 0. The van der Waals surface area contributed by atoms with Gasteiger partial charge in [0.15, 0.2) is 11.5 Å². The van der Waals surface area contributed by atoms with Gasteiger partial charge in [0, 0.05) is 50.9 Å². The quantitative estimate of drug-likeness (QED) is 0.574. The van der Waals surface area contributed by atoms with Crippen molar-refractivity contribution in [3.63, 3.8) is 0 Å². The Kier molecular flexibility index (Phi) is 5.58. The minimum atomic E-state index is -0.309. The molecule has 34 heavy (non-hydrogen) atoms. The average molecular weight is 479 g/mol. The number of hydrogen-bond acceptors (Lipinski definition) is 7. The summed E-state index contributed by atoms with van der Waals surface area (Å²) in [5, 5.41) is 1.11. The molecule has 176 valence electrons. The van der Waals surface area contributed by atoms with Gasteiger partial charge in [0.2, 0.25) is 11.8 Å². The topological polar surface area (TPSA) is 75.2 Å². The van der Waals surface area contributed by atoms with Crippen LogP contribution in [0.4, 0.5) is 5.69 Å². The molecule has 0 radical (unpaired) electrons. The Morgan fingerprint density at radius 1 is 1.03 bits per heavy atom. The van der Waals surface area contributed by atoms with Crippen molar-refractivity contribution in [1.82, 2.24) is 14.8 Å². The second kappa shape index (κ2) is 8.88. The number of carbonyl (C=O) groups excluding carboxylic acids is 2. The normalized spacial score (nSPS) is 20.8. The molecule has 0 bridgehead atoms. The lowest BCUT2D eigenvalue weighted by Crippen LogP contribution is -2.50. The van der Waals surface area contributed by atoms with Gasteiger partial charge in [-0.05, 0) is 24.3 Å². The number of benzene rings is 2. The first-order valence-electron chi connectivity index (χ1n) is 11.7. The second-order valence-corrected chi connectivity index (χ2v) is 10.0. The maximum absolute atomic E-state index is 13.2. The van der Waals surface area contributed by atoms with Crippen LogP contribution < -0.4 is 14.4 Å². The maximum Gasteiger partial charge on any atom is 0.228 e. The van der Waals surface area contributed by atoms with Crippen LogP contribution in [0.5, 0.6) is 11.5 Å². The monoisotopic (exact) mass is 478 g/mol. The van der Waals surface area contributed by atoms with Crippen molar-refractivity contribution in [2.24, 2.45) is 5.92 Å². The predicted molar refractivity (Wildman–Crippen MR) is 129 cm³/mol. The van der Waals surface area contributed by atoms with Crippen molar-refractivity contribution < 1.29 is 19.1 Å². The largest absolute Gasteiger partial charge is 0.486 e. The number of para-hydroxylation sites is 1. The van der Waals surface area contributed by atoms with Crippen molar-refractivity contribution in [3.05, 3.63) is 47.5 Å². The fourth-order valence-corrected chi connectivity index (χ4v) is 5.90. The maximum atomic E-state index is 13.2. The van der Waals surface area contributed by atoms with Crippen LogP contribution in [0.25, 0.3) is 10.2 Å². The molecular formula is C25H26N4O4S. The van der Waals surface area contributed by atoms with Crippen LogP contribution in [-0.4, -0.2) is 72.5 Å². The highest BCUT2D eigenvalue weighted by Gasteiger charge is 2.38. The van der Waals surface area contributed by atoms with Gasteiger partial charge in [-0.15, -0.1) is 11.3 Å². The summed E-state index contributed by atoms with van der Waals surface area (Å²) in [4.78, 5) is 36.6. The Morgan fingerprint density at radius 3 is 2.65 bits per heavy atom. The molecule has 6 rings (SSSR count). The van der Waals surface area contributed by atoms with E-state index in [0.29, 0.717) is 44.3 Å². The smallest absolute Gasteiger partial charge is 0.228 e. The zero-order valence-corrected chi connectivity index (χ0v) is 19.6. The first kappa shape index (κ1) is 21.4. The molecule has 3 aromatic rings. The van der Waals surface area contributed by atoms with E-state index < -0.39 is 0 Å². The number of aromatic nitrogens is 1. The summed E-state index contributed by atoms with van der Waals surface area (Å²) in [6, 6.07) is 13.7. The summed E-state index contributed by atoms with van der Waals surface area (Å²) in [6.07, 6.45) is 0.249. The molecule has 2 amide bonds. The van der Waals surface area contributed by atoms with Crippen molar-refractivity contribution in [3.8, 4) is 11.5 Å². The fourth-order valence-electron chi connectivity index (χ4n) is 4.89. The summed E-state index contributed by atoms with van der Waals surface area (Å²) >= 11 is 1.73. The van der Waals surface area contributed by atoms with Gasteiger partial charge in [-0.25, -0.2) is 4.98 Å². The number of piperazine rings is 1.